The minimum Gasteiger partial charge on any atom is -0.414 e. The van der Waals surface area contributed by atoms with Gasteiger partial charge in [-0.05, 0) is 18.1 Å². The maximum Gasteiger partial charge on any atom is 0.192 e. The standard InChI is InChI=1S/C16H28O4Si/c1-8-11-18-14-10-9-13(20-15(14)17-5)12-19-21(6,7)16(2,3)4/h1,9-10,13-15H,11-12H2,2-7H3/t13-,14+,15-/m0/s1. The zero-order valence-electron chi connectivity index (χ0n) is 14.0. The normalized spacial score (nSPS) is 26.6. The van der Waals surface area contributed by atoms with Crippen molar-refractivity contribution < 1.29 is 18.6 Å². The van der Waals surface area contributed by atoms with Crippen LogP contribution in [-0.2, 0) is 18.6 Å². The zero-order chi connectivity index (χ0) is 16.1. The second-order valence-corrected chi connectivity index (χ2v) is 11.5. The molecule has 0 bridgehead atoms. The average molecular weight is 312 g/mol. The molecular formula is C16H28O4Si. The second kappa shape index (κ2) is 7.57. The van der Waals surface area contributed by atoms with Crippen LogP contribution in [0.3, 0.4) is 0 Å². The Morgan fingerprint density at radius 3 is 2.48 bits per heavy atom. The van der Waals surface area contributed by atoms with Gasteiger partial charge in [-0.1, -0.05) is 38.8 Å². The van der Waals surface area contributed by atoms with E-state index in [1.165, 1.54) is 0 Å². The maximum atomic E-state index is 6.18. The third-order valence-electron chi connectivity index (χ3n) is 4.10. The summed E-state index contributed by atoms with van der Waals surface area (Å²) in [6.07, 6.45) is 8.27. The molecule has 4 nitrogen and oxygen atoms in total. The van der Waals surface area contributed by atoms with E-state index in [9.17, 15) is 0 Å². The van der Waals surface area contributed by atoms with Gasteiger partial charge in [0.1, 0.15) is 18.8 Å². The molecule has 1 rings (SSSR count). The van der Waals surface area contributed by atoms with Gasteiger partial charge >= 0.3 is 0 Å². The molecule has 0 aromatic heterocycles. The Labute approximate surface area is 129 Å². The summed E-state index contributed by atoms with van der Waals surface area (Å²) in [5, 5.41) is 0.185. The van der Waals surface area contributed by atoms with Crippen molar-refractivity contribution in [1.82, 2.24) is 0 Å². The number of terminal acetylenes is 1. The van der Waals surface area contributed by atoms with Crippen LogP contribution in [0.15, 0.2) is 12.2 Å². The highest BCUT2D eigenvalue weighted by atomic mass is 28.4. The van der Waals surface area contributed by atoms with Gasteiger partial charge in [0.25, 0.3) is 0 Å². The Kier molecular flexibility index (Phi) is 6.63. The molecule has 0 saturated heterocycles. The van der Waals surface area contributed by atoms with E-state index in [1.54, 1.807) is 7.11 Å². The molecule has 1 aliphatic heterocycles. The van der Waals surface area contributed by atoms with Gasteiger partial charge in [0.15, 0.2) is 14.6 Å². The Morgan fingerprint density at radius 2 is 1.95 bits per heavy atom. The minimum absolute atomic E-state index is 0.116. The van der Waals surface area contributed by atoms with Gasteiger partial charge < -0.3 is 18.6 Å². The molecule has 21 heavy (non-hydrogen) atoms. The average Bonchev–Trinajstić information content (AvgIpc) is 2.42. The molecule has 1 aliphatic rings. The Morgan fingerprint density at radius 1 is 1.29 bits per heavy atom. The number of methoxy groups -OCH3 is 1. The molecule has 0 amide bonds. The Hall–Kier alpha value is -0.643. The molecule has 0 saturated carbocycles. The first-order valence-corrected chi connectivity index (χ1v) is 10.2. The SMILES string of the molecule is C#CCO[C@@H]1C=C[C@@H](CO[Si](C)(C)C(C)(C)C)O[C@@H]1OC. The van der Waals surface area contributed by atoms with Crippen LogP contribution in [0.4, 0.5) is 0 Å². The smallest absolute Gasteiger partial charge is 0.192 e. The van der Waals surface area contributed by atoms with Crippen molar-refractivity contribution in [1.29, 1.82) is 0 Å². The van der Waals surface area contributed by atoms with Gasteiger partial charge in [-0.3, -0.25) is 0 Å². The lowest BCUT2D eigenvalue weighted by Gasteiger charge is -2.38. The summed E-state index contributed by atoms with van der Waals surface area (Å²) in [5.74, 6) is 2.45. The summed E-state index contributed by atoms with van der Waals surface area (Å²) in [7, 11) is -0.173. The highest BCUT2D eigenvalue weighted by Gasteiger charge is 2.38. The van der Waals surface area contributed by atoms with Crippen LogP contribution in [0.2, 0.25) is 18.1 Å². The molecule has 0 aromatic rings. The molecule has 0 aliphatic carbocycles. The van der Waals surface area contributed by atoms with E-state index in [-0.39, 0.29) is 23.9 Å². The highest BCUT2D eigenvalue weighted by molar-refractivity contribution is 6.74. The Bertz CT molecular complexity index is 392. The van der Waals surface area contributed by atoms with E-state index in [0.29, 0.717) is 6.61 Å². The van der Waals surface area contributed by atoms with Gasteiger partial charge in [0.05, 0.1) is 6.61 Å². The molecule has 0 fully saturated rings. The number of ether oxygens (including phenoxy) is 3. The first-order valence-electron chi connectivity index (χ1n) is 7.27. The van der Waals surface area contributed by atoms with E-state index in [2.05, 4.69) is 39.8 Å². The van der Waals surface area contributed by atoms with E-state index in [1.807, 2.05) is 12.2 Å². The fourth-order valence-corrected chi connectivity index (χ4v) is 2.70. The van der Waals surface area contributed by atoms with Gasteiger partial charge in [-0.15, -0.1) is 6.42 Å². The lowest BCUT2D eigenvalue weighted by molar-refractivity contribution is -0.204. The molecule has 0 spiro atoms. The summed E-state index contributed by atoms with van der Waals surface area (Å²) in [5.41, 5.74) is 0. The summed E-state index contributed by atoms with van der Waals surface area (Å²) < 4.78 is 22.8. The van der Waals surface area contributed by atoms with Crippen LogP contribution in [0.5, 0.6) is 0 Å². The lowest BCUT2D eigenvalue weighted by atomic mass is 10.2. The largest absolute Gasteiger partial charge is 0.414 e. The molecular weight excluding hydrogens is 284 g/mol. The van der Waals surface area contributed by atoms with Crippen LogP contribution in [0.1, 0.15) is 20.8 Å². The maximum absolute atomic E-state index is 6.18. The van der Waals surface area contributed by atoms with Crippen LogP contribution in [-0.4, -0.2) is 47.1 Å². The van der Waals surface area contributed by atoms with Crippen molar-refractivity contribution in [3.05, 3.63) is 12.2 Å². The van der Waals surface area contributed by atoms with Crippen LogP contribution in [0, 0.1) is 12.3 Å². The van der Waals surface area contributed by atoms with E-state index in [0.717, 1.165) is 0 Å². The monoisotopic (exact) mass is 312 g/mol. The van der Waals surface area contributed by atoms with Crippen molar-refractivity contribution in [2.45, 2.75) is 57.4 Å². The van der Waals surface area contributed by atoms with Gasteiger partial charge in [0, 0.05) is 7.11 Å². The number of hydrogen-bond donors (Lipinski definition) is 0. The molecule has 0 aromatic carbocycles. The topological polar surface area (TPSA) is 36.9 Å². The first-order chi connectivity index (χ1) is 9.71. The second-order valence-electron chi connectivity index (χ2n) is 6.71. The molecule has 0 unspecified atom stereocenters. The molecule has 120 valence electrons. The van der Waals surface area contributed by atoms with Gasteiger partial charge in [0.2, 0.25) is 0 Å². The van der Waals surface area contributed by atoms with Crippen molar-refractivity contribution in [2.75, 3.05) is 20.3 Å². The quantitative estimate of drug-likeness (QED) is 0.429. The van der Waals surface area contributed by atoms with Crippen molar-refractivity contribution >= 4 is 8.32 Å². The Balaban J connectivity index is 2.57. The first kappa shape index (κ1) is 18.4. The fourth-order valence-electron chi connectivity index (χ4n) is 1.69. The number of rotatable bonds is 6. The summed E-state index contributed by atoms with van der Waals surface area (Å²) in [6, 6.07) is 0. The molecule has 1 heterocycles. The minimum atomic E-state index is -1.77. The highest BCUT2D eigenvalue weighted by Crippen LogP contribution is 2.36. The predicted octanol–water partition coefficient (Wildman–Crippen LogP) is 2.95. The third kappa shape index (κ3) is 5.24. The predicted molar refractivity (Wildman–Crippen MR) is 86.5 cm³/mol. The van der Waals surface area contributed by atoms with Crippen LogP contribution < -0.4 is 0 Å². The molecule has 0 radical (unpaired) electrons. The lowest BCUT2D eigenvalue weighted by Crippen LogP contribution is -2.45. The molecule has 3 atom stereocenters. The van der Waals surface area contributed by atoms with Crippen molar-refractivity contribution in [2.24, 2.45) is 0 Å². The number of hydrogen-bond acceptors (Lipinski definition) is 4. The third-order valence-corrected chi connectivity index (χ3v) is 8.60. The molecule has 0 N–H and O–H groups in total. The summed E-state index contributed by atoms with van der Waals surface area (Å²) >= 11 is 0. The van der Waals surface area contributed by atoms with Gasteiger partial charge in [-0.25, -0.2) is 0 Å². The van der Waals surface area contributed by atoms with Gasteiger partial charge in [-0.2, -0.15) is 0 Å². The van der Waals surface area contributed by atoms with E-state index < -0.39 is 14.6 Å². The molecule has 5 heteroatoms. The fraction of sp³-hybridized carbons (Fsp3) is 0.750. The summed E-state index contributed by atoms with van der Waals surface area (Å²) in [6.45, 7) is 11.9. The van der Waals surface area contributed by atoms with Crippen molar-refractivity contribution in [3.63, 3.8) is 0 Å². The van der Waals surface area contributed by atoms with Crippen molar-refractivity contribution in [3.8, 4) is 12.3 Å². The van der Waals surface area contributed by atoms with Crippen LogP contribution >= 0.6 is 0 Å². The zero-order valence-corrected chi connectivity index (χ0v) is 15.0. The van der Waals surface area contributed by atoms with E-state index >= 15 is 0 Å². The van der Waals surface area contributed by atoms with Crippen LogP contribution in [0.25, 0.3) is 0 Å². The summed E-state index contributed by atoms with van der Waals surface area (Å²) in [4.78, 5) is 0. The van der Waals surface area contributed by atoms with E-state index in [4.69, 9.17) is 25.1 Å².